The van der Waals surface area contributed by atoms with Crippen molar-refractivity contribution in [3.05, 3.63) is 29.6 Å². The number of sulfonamides is 1. The van der Waals surface area contributed by atoms with E-state index in [-0.39, 0.29) is 29.5 Å². The Hall–Kier alpha value is -2.04. The van der Waals surface area contributed by atoms with Gasteiger partial charge in [0.1, 0.15) is 12.0 Å². The molecule has 1 heterocycles. The van der Waals surface area contributed by atoms with Gasteiger partial charge in [-0.25, -0.2) is 12.8 Å². The van der Waals surface area contributed by atoms with Gasteiger partial charge in [0, 0.05) is 13.1 Å². The van der Waals surface area contributed by atoms with Crippen LogP contribution in [-0.4, -0.2) is 57.0 Å². The third-order valence-corrected chi connectivity index (χ3v) is 6.24. The number of nitrogens with one attached hydrogen (secondary N) is 2. The fourth-order valence-corrected chi connectivity index (χ4v) is 4.54. The van der Waals surface area contributed by atoms with E-state index < -0.39 is 33.9 Å². The SMILES string of the molecule is Cc1cc(F)ccc1S(=O)(=O)N1CCCO[C@@H]1CNC(=O)C(=O)NCC(C)C. The minimum Gasteiger partial charge on any atom is -0.360 e. The molecule has 0 aromatic heterocycles. The second-order valence-electron chi connectivity index (χ2n) is 7.02. The zero-order valence-electron chi connectivity index (χ0n) is 16.2. The molecule has 1 saturated heterocycles. The summed E-state index contributed by atoms with van der Waals surface area (Å²) in [6, 6.07) is 3.44. The van der Waals surface area contributed by atoms with Crippen LogP contribution in [0.2, 0.25) is 0 Å². The third kappa shape index (κ3) is 5.49. The highest BCUT2D eigenvalue weighted by molar-refractivity contribution is 7.89. The van der Waals surface area contributed by atoms with E-state index in [1.807, 2.05) is 13.8 Å². The van der Waals surface area contributed by atoms with Crippen LogP contribution < -0.4 is 10.6 Å². The maximum Gasteiger partial charge on any atom is 0.309 e. The van der Waals surface area contributed by atoms with Crippen LogP contribution in [0.15, 0.2) is 23.1 Å². The molecule has 1 aliphatic heterocycles. The van der Waals surface area contributed by atoms with Gasteiger partial charge in [-0.3, -0.25) is 9.59 Å². The molecule has 0 saturated carbocycles. The van der Waals surface area contributed by atoms with E-state index in [4.69, 9.17) is 4.74 Å². The Bertz CT molecular complexity index is 829. The fourth-order valence-electron chi connectivity index (χ4n) is 2.77. The molecular weight excluding hydrogens is 389 g/mol. The van der Waals surface area contributed by atoms with Crippen LogP contribution in [0.4, 0.5) is 4.39 Å². The van der Waals surface area contributed by atoms with E-state index in [0.29, 0.717) is 19.6 Å². The highest BCUT2D eigenvalue weighted by Crippen LogP contribution is 2.25. The molecule has 156 valence electrons. The Morgan fingerprint density at radius 3 is 2.61 bits per heavy atom. The minimum atomic E-state index is -3.96. The number of nitrogens with zero attached hydrogens (tertiary/aromatic N) is 1. The maximum atomic E-state index is 13.3. The van der Waals surface area contributed by atoms with Gasteiger partial charge in [-0.2, -0.15) is 4.31 Å². The van der Waals surface area contributed by atoms with Gasteiger partial charge in [0.25, 0.3) is 0 Å². The Balaban J connectivity index is 2.09. The topological polar surface area (TPSA) is 105 Å². The van der Waals surface area contributed by atoms with Gasteiger partial charge < -0.3 is 15.4 Å². The third-order valence-electron chi connectivity index (χ3n) is 4.19. The molecule has 0 bridgehead atoms. The largest absolute Gasteiger partial charge is 0.360 e. The number of rotatable bonds is 6. The van der Waals surface area contributed by atoms with E-state index in [1.54, 1.807) is 0 Å². The molecule has 0 spiro atoms. The highest BCUT2D eigenvalue weighted by Gasteiger charge is 2.35. The normalized spacial score (nSPS) is 18.1. The van der Waals surface area contributed by atoms with Gasteiger partial charge in [-0.1, -0.05) is 13.8 Å². The molecule has 0 unspecified atom stereocenters. The Kier molecular flexibility index (Phi) is 7.50. The van der Waals surface area contributed by atoms with Crippen molar-refractivity contribution in [3.8, 4) is 0 Å². The molecule has 28 heavy (non-hydrogen) atoms. The van der Waals surface area contributed by atoms with E-state index in [1.165, 1.54) is 13.0 Å². The van der Waals surface area contributed by atoms with Crippen LogP contribution in [0.3, 0.4) is 0 Å². The summed E-state index contributed by atoms with van der Waals surface area (Å²) in [5, 5.41) is 4.90. The molecular formula is C18H26FN3O5S. The van der Waals surface area contributed by atoms with Gasteiger partial charge >= 0.3 is 11.8 Å². The van der Waals surface area contributed by atoms with Crippen molar-refractivity contribution in [2.24, 2.45) is 5.92 Å². The monoisotopic (exact) mass is 415 g/mol. The predicted octanol–water partition coefficient (Wildman–Crippen LogP) is 0.760. The first-order valence-corrected chi connectivity index (χ1v) is 10.5. The summed E-state index contributed by atoms with van der Waals surface area (Å²) in [7, 11) is -3.96. The molecule has 1 aliphatic rings. The Morgan fingerprint density at radius 2 is 1.96 bits per heavy atom. The molecule has 8 nitrogen and oxygen atoms in total. The van der Waals surface area contributed by atoms with Crippen LogP contribution in [0.5, 0.6) is 0 Å². The first-order chi connectivity index (χ1) is 13.1. The molecule has 1 aromatic carbocycles. The van der Waals surface area contributed by atoms with Crippen LogP contribution in [0.25, 0.3) is 0 Å². The van der Waals surface area contributed by atoms with E-state index in [9.17, 15) is 22.4 Å². The summed E-state index contributed by atoms with van der Waals surface area (Å²) in [5.74, 6) is -1.97. The quantitative estimate of drug-likeness (QED) is 0.668. The first-order valence-electron chi connectivity index (χ1n) is 9.08. The lowest BCUT2D eigenvalue weighted by Gasteiger charge is -2.34. The van der Waals surface area contributed by atoms with E-state index >= 15 is 0 Å². The minimum absolute atomic E-state index is 0.0228. The highest BCUT2D eigenvalue weighted by atomic mass is 32.2. The van der Waals surface area contributed by atoms with Gasteiger partial charge in [0.2, 0.25) is 10.0 Å². The molecule has 2 N–H and O–H groups in total. The number of carbonyl (C=O) groups is 2. The zero-order valence-corrected chi connectivity index (χ0v) is 17.0. The lowest BCUT2D eigenvalue weighted by molar-refractivity contribution is -0.140. The second kappa shape index (κ2) is 9.44. The molecule has 10 heteroatoms. The molecule has 1 atom stereocenters. The second-order valence-corrected chi connectivity index (χ2v) is 8.88. The maximum absolute atomic E-state index is 13.3. The van der Waals surface area contributed by atoms with Crippen molar-refractivity contribution in [2.45, 2.75) is 38.3 Å². The van der Waals surface area contributed by atoms with E-state index in [2.05, 4.69) is 10.6 Å². The average Bonchev–Trinajstić information content (AvgIpc) is 2.63. The van der Waals surface area contributed by atoms with Crippen molar-refractivity contribution in [1.82, 2.24) is 14.9 Å². The van der Waals surface area contributed by atoms with Crippen molar-refractivity contribution in [1.29, 1.82) is 0 Å². The summed E-state index contributed by atoms with van der Waals surface area (Å²) in [6.07, 6.45) is -0.469. The number of carbonyl (C=O) groups excluding carboxylic acids is 2. The number of amides is 2. The lowest BCUT2D eigenvalue weighted by atomic mass is 10.2. The van der Waals surface area contributed by atoms with Crippen LogP contribution in [0, 0.1) is 18.7 Å². The van der Waals surface area contributed by atoms with Crippen molar-refractivity contribution in [2.75, 3.05) is 26.2 Å². The van der Waals surface area contributed by atoms with Gasteiger partial charge in [-0.05, 0) is 43.0 Å². The molecule has 1 fully saturated rings. The number of benzene rings is 1. The number of aryl methyl sites for hydroxylation is 1. The molecule has 0 radical (unpaired) electrons. The van der Waals surface area contributed by atoms with Gasteiger partial charge in [-0.15, -0.1) is 0 Å². The molecule has 2 amide bonds. The molecule has 0 aliphatic carbocycles. The molecule has 1 aromatic rings. The first kappa shape index (κ1) is 22.3. The van der Waals surface area contributed by atoms with E-state index in [0.717, 1.165) is 16.4 Å². The van der Waals surface area contributed by atoms with Crippen LogP contribution >= 0.6 is 0 Å². The summed E-state index contributed by atoms with van der Waals surface area (Å²) in [6.45, 7) is 6.01. The summed E-state index contributed by atoms with van der Waals surface area (Å²) < 4.78 is 46.0. The summed E-state index contributed by atoms with van der Waals surface area (Å²) in [5.41, 5.74) is 0.279. The van der Waals surface area contributed by atoms with Gasteiger partial charge in [0.15, 0.2) is 0 Å². The van der Waals surface area contributed by atoms with Crippen molar-refractivity contribution >= 4 is 21.8 Å². The van der Waals surface area contributed by atoms with Crippen LogP contribution in [0.1, 0.15) is 25.8 Å². The number of halogens is 1. The molecule has 2 rings (SSSR count). The van der Waals surface area contributed by atoms with Crippen molar-refractivity contribution in [3.63, 3.8) is 0 Å². The summed E-state index contributed by atoms with van der Waals surface area (Å²) in [4.78, 5) is 23.7. The zero-order chi connectivity index (χ0) is 20.9. The predicted molar refractivity (Wildman–Crippen MR) is 100 cm³/mol. The fraction of sp³-hybridized carbons (Fsp3) is 0.556. The average molecular weight is 415 g/mol. The smallest absolute Gasteiger partial charge is 0.309 e. The van der Waals surface area contributed by atoms with Crippen molar-refractivity contribution < 1.29 is 27.1 Å². The van der Waals surface area contributed by atoms with Gasteiger partial charge in [0.05, 0.1) is 18.0 Å². The lowest BCUT2D eigenvalue weighted by Crippen LogP contribution is -2.53. The Labute approximate surface area is 164 Å². The Morgan fingerprint density at radius 1 is 1.29 bits per heavy atom. The number of ether oxygens (including phenoxy) is 1. The number of hydrogen-bond acceptors (Lipinski definition) is 5. The van der Waals surface area contributed by atoms with Crippen LogP contribution in [-0.2, 0) is 24.3 Å². The standard InChI is InChI=1S/C18H26FN3O5S/c1-12(2)10-20-17(23)18(24)21-11-16-22(7-4-8-27-16)28(25,26)15-6-5-14(19)9-13(15)3/h5-6,9,12,16H,4,7-8,10-11H2,1-3H3,(H,20,23)(H,21,24)/t16-/m1/s1. The summed E-state index contributed by atoms with van der Waals surface area (Å²) >= 11 is 0. The number of hydrogen-bond donors (Lipinski definition) is 2.